The van der Waals surface area contributed by atoms with Crippen LogP contribution < -0.4 is 5.48 Å². The number of sulfone groups is 1. The monoisotopic (exact) mass is 393 g/mol. The predicted molar refractivity (Wildman–Crippen MR) is 95.2 cm³/mol. The maximum Gasteiger partial charge on any atom is 0.264 e. The zero-order valence-corrected chi connectivity index (χ0v) is 15.5. The van der Waals surface area contributed by atoms with Crippen molar-refractivity contribution in [3.63, 3.8) is 0 Å². The van der Waals surface area contributed by atoms with Crippen LogP contribution in [0.5, 0.6) is 0 Å². The summed E-state index contributed by atoms with van der Waals surface area (Å²) in [4.78, 5) is 18.7. The highest BCUT2D eigenvalue weighted by Gasteiger charge is 2.47. The van der Waals surface area contributed by atoms with Crippen molar-refractivity contribution in [3.8, 4) is 5.69 Å². The molecule has 1 aliphatic heterocycles. The molecule has 0 spiro atoms. The summed E-state index contributed by atoms with van der Waals surface area (Å²) in [6, 6.07) is 7.31. The second-order valence-corrected chi connectivity index (χ2v) is 8.93. The van der Waals surface area contributed by atoms with Crippen LogP contribution in [0, 0.1) is 0 Å². The minimum Gasteiger partial charge on any atom is -0.392 e. The van der Waals surface area contributed by atoms with Crippen molar-refractivity contribution < 1.29 is 23.3 Å². The van der Waals surface area contributed by atoms with Crippen LogP contribution >= 0.6 is 0 Å². The number of nitrogens with one attached hydrogen (secondary N) is 1. The van der Waals surface area contributed by atoms with Crippen LogP contribution in [-0.2, 0) is 19.5 Å². The topological polar surface area (TPSA) is 136 Å². The summed E-state index contributed by atoms with van der Waals surface area (Å²) >= 11 is 0. The summed E-state index contributed by atoms with van der Waals surface area (Å²) in [6.07, 6.45) is 3.69. The van der Waals surface area contributed by atoms with Crippen LogP contribution in [0.15, 0.2) is 41.8 Å². The van der Waals surface area contributed by atoms with Gasteiger partial charge in [0.15, 0.2) is 14.6 Å². The minimum absolute atomic E-state index is 0.138. The van der Waals surface area contributed by atoms with E-state index in [1.165, 1.54) is 17.2 Å². The van der Waals surface area contributed by atoms with Crippen LogP contribution in [0.2, 0.25) is 0 Å². The molecule has 11 heteroatoms. The number of carbonyl (C=O) groups excluding carboxylic acids is 1. The molecular weight excluding hydrogens is 374 g/mol. The van der Waals surface area contributed by atoms with Crippen molar-refractivity contribution in [2.45, 2.75) is 30.6 Å². The van der Waals surface area contributed by atoms with Gasteiger partial charge in [0.1, 0.15) is 6.10 Å². The smallest absolute Gasteiger partial charge is 0.264 e. The van der Waals surface area contributed by atoms with E-state index in [4.69, 9.17) is 10.0 Å². The molecule has 3 rings (SSSR count). The van der Waals surface area contributed by atoms with Gasteiger partial charge < -0.3 is 4.84 Å². The van der Waals surface area contributed by atoms with Gasteiger partial charge >= 0.3 is 0 Å². The Kier molecular flexibility index (Phi) is 4.98. The molecule has 0 saturated carbocycles. The summed E-state index contributed by atoms with van der Waals surface area (Å²) in [7, 11) is -3.80. The fourth-order valence-corrected chi connectivity index (χ4v) is 3.68. The number of aromatic nitrogens is 3. The second kappa shape index (κ2) is 7.08. The van der Waals surface area contributed by atoms with Crippen molar-refractivity contribution in [2.75, 3.05) is 6.26 Å². The van der Waals surface area contributed by atoms with Crippen LogP contribution in [-0.4, -0.2) is 57.3 Å². The Bertz CT molecular complexity index is 956. The molecule has 0 fully saturated rings. The Balaban J connectivity index is 1.72. The van der Waals surface area contributed by atoms with Crippen LogP contribution in [0.1, 0.15) is 25.3 Å². The van der Waals surface area contributed by atoms with Crippen LogP contribution in [0.25, 0.3) is 5.69 Å². The number of benzene rings is 1. The summed E-state index contributed by atoms with van der Waals surface area (Å²) in [5, 5.41) is 21.0. The number of hydrogen-bond acceptors (Lipinski definition) is 8. The Morgan fingerprint density at radius 2 is 1.96 bits per heavy atom. The summed E-state index contributed by atoms with van der Waals surface area (Å²) < 4.78 is 22.3. The molecule has 2 atom stereocenters. The van der Waals surface area contributed by atoms with E-state index < -0.39 is 26.6 Å². The predicted octanol–water partition coefficient (Wildman–Crippen LogP) is 0.459. The van der Waals surface area contributed by atoms with E-state index in [0.717, 1.165) is 17.5 Å². The first-order valence-electron chi connectivity index (χ1n) is 8.08. The van der Waals surface area contributed by atoms with Gasteiger partial charge in [0.2, 0.25) is 0 Å². The highest BCUT2D eigenvalue weighted by molar-refractivity contribution is 7.92. The lowest BCUT2D eigenvalue weighted by molar-refractivity contribution is -0.132. The number of hydrogen-bond donors (Lipinski definition) is 2. The fraction of sp³-hybridized carbons (Fsp3) is 0.375. The third-order valence-electron chi connectivity index (χ3n) is 4.60. The van der Waals surface area contributed by atoms with Gasteiger partial charge in [-0.1, -0.05) is 17.3 Å². The molecule has 1 aliphatic rings. The van der Waals surface area contributed by atoms with Crippen molar-refractivity contribution in [1.82, 2.24) is 20.5 Å². The van der Waals surface area contributed by atoms with Crippen molar-refractivity contribution in [2.24, 2.45) is 5.16 Å². The maximum absolute atomic E-state index is 12.1. The molecule has 1 amide bonds. The molecule has 144 valence electrons. The highest BCUT2D eigenvalue weighted by Crippen LogP contribution is 2.29. The Morgan fingerprint density at radius 3 is 2.52 bits per heavy atom. The van der Waals surface area contributed by atoms with Gasteiger partial charge in [-0.15, -0.1) is 0 Å². The molecule has 0 bridgehead atoms. The van der Waals surface area contributed by atoms with Gasteiger partial charge in [0.05, 0.1) is 23.8 Å². The van der Waals surface area contributed by atoms with E-state index in [1.54, 1.807) is 12.4 Å². The largest absolute Gasteiger partial charge is 0.392 e. The molecule has 0 saturated heterocycles. The third kappa shape index (κ3) is 3.69. The van der Waals surface area contributed by atoms with Crippen molar-refractivity contribution in [1.29, 1.82) is 0 Å². The molecule has 2 heterocycles. The van der Waals surface area contributed by atoms with Crippen LogP contribution in [0.4, 0.5) is 0 Å². The van der Waals surface area contributed by atoms with Gasteiger partial charge in [-0.05, 0) is 24.6 Å². The molecule has 27 heavy (non-hydrogen) atoms. The summed E-state index contributed by atoms with van der Waals surface area (Å²) in [5.41, 5.74) is 3.65. The minimum atomic E-state index is -3.80. The second-order valence-electron chi connectivity index (χ2n) is 6.48. The normalized spacial score (nSPS) is 19.1. The quantitative estimate of drug-likeness (QED) is 0.537. The molecule has 1 aromatic heterocycles. The van der Waals surface area contributed by atoms with E-state index in [2.05, 4.69) is 15.4 Å². The van der Waals surface area contributed by atoms with Crippen LogP contribution in [0.3, 0.4) is 0 Å². The maximum atomic E-state index is 12.1. The molecule has 0 radical (unpaired) electrons. The highest BCUT2D eigenvalue weighted by atomic mass is 32.2. The van der Waals surface area contributed by atoms with Gasteiger partial charge in [-0.25, -0.2) is 13.9 Å². The van der Waals surface area contributed by atoms with Gasteiger partial charge in [-0.3, -0.25) is 10.0 Å². The Hall–Kier alpha value is -2.79. The Morgan fingerprint density at radius 1 is 1.33 bits per heavy atom. The summed E-state index contributed by atoms with van der Waals surface area (Å²) in [5.74, 6) is -1.00. The van der Waals surface area contributed by atoms with Gasteiger partial charge in [0.25, 0.3) is 5.91 Å². The molecule has 1 aromatic carbocycles. The average Bonchev–Trinajstić information content (AvgIpc) is 3.32. The number of oxime groups is 1. The van der Waals surface area contributed by atoms with E-state index in [0.29, 0.717) is 12.1 Å². The third-order valence-corrected chi connectivity index (χ3v) is 6.59. The molecule has 2 N–H and O–H groups in total. The number of carbonyl (C=O) groups is 1. The zero-order chi connectivity index (χ0) is 19.7. The standard InChI is InChI=1S/C16H19N5O5S/c1-16(15(22)19-23,27(2,24)25)10-13-9-14(20-26-13)11-3-5-12(6-4-11)21-17-7-8-18-21/h3-8,13,23H,9-10H2,1-2H3,(H,19,22)/t13-,16-/m1/s1. The molecular formula is C16H19N5O5S. The number of nitrogens with zero attached hydrogens (tertiary/aromatic N) is 4. The number of hydroxylamine groups is 1. The van der Waals surface area contributed by atoms with E-state index in [9.17, 15) is 13.2 Å². The van der Waals surface area contributed by atoms with E-state index in [1.807, 2.05) is 24.3 Å². The van der Waals surface area contributed by atoms with E-state index >= 15 is 0 Å². The average molecular weight is 393 g/mol. The number of amides is 1. The first-order valence-corrected chi connectivity index (χ1v) is 9.98. The fourth-order valence-electron chi connectivity index (χ4n) is 2.81. The first kappa shape index (κ1) is 19.0. The molecule has 0 unspecified atom stereocenters. The number of rotatable bonds is 6. The van der Waals surface area contributed by atoms with Crippen molar-refractivity contribution >= 4 is 21.5 Å². The molecule has 0 aliphatic carbocycles. The molecule has 2 aromatic rings. The SMILES string of the molecule is C[C@@](C[C@H]1CC(c2ccc(-n3nccn3)cc2)=NO1)(C(=O)NO)S(C)(=O)=O. The van der Waals surface area contributed by atoms with Gasteiger partial charge in [-0.2, -0.15) is 15.0 Å². The lowest BCUT2D eigenvalue weighted by Gasteiger charge is -2.26. The lowest BCUT2D eigenvalue weighted by atomic mass is 9.96. The first-order chi connectivity index (χ1) is 12.7. The molecule has 10 nitrogen and oxygen atoms in total. The van der Waals surface area contributed by atoms with E-state index in [-0.39, 0.29) is 6.42 Å². The van der Waals surface area contributed by atoms with Crippen molar-refractivity contribution in [3.05, 3.63) is 42.2 Å². The lowest BCUT2D eigenvalue weighted by Crippen LogP contribution is -2.51. The summed E-state index contributed by atoms with van der Waals surface area (Å²) in [6.45, 7) is 1.25. The Labute approximate surface area is 155 Å². The zero-order valence-electron chi connectivity index (χ0n) is 14.7. The van der Waals surface area contributed by atoms with Gasteiger partial charge in [0, 0.05) is 19.1 Å².